The van der Waals surface area contributed by atoms with E-state index in [2.05, 4.69) is 30.8 Å². The average Bonchev–Trinajstić information content (AvgIpc) is 3.06. The second-order valence-corrected chi connectivity index (χ2v) is 13.8. The molecule has 8 N–H and O–H groups in total. The number of anilines is 3. The van der Waals surface area contributed by atoms with Gasteiger partial charge in [0.15, 0.2) is 0 Å². The predicted octanol–water partition coefficient (Wildman–Crippen LogP) is 0.294. The van der Waals surface area contributed by atoms with E-state index in [1.165, 1.54) is 84.9 Å². The Balaban J connectivity index is 0.00000325. The number of aliphatic hydroxyl groups excluding tert-OH is 1. The van der Waals surface area contributed by atoms with E-state index in [4.69, 9.17) is 11.5 Å². The van der Waals surface area contributed by atoms with Crippen LogP contribution in [0, 0.1) is 0 Å². The van der Waals surface area contributed by atoms with Gasteiger partial charge in [-0.05, 0) is 94.3 Å². The number of hydrogen-bond donors (Lipinski definition) is 6. The van der Waals surface area contributed by atoms with E-state index in [0.29, 0.717) is 0 Å². The number of azo groups is 2. The maximum Gasteiger partial charge on any atom is 1.00 e. The molecule has 0 saturated carbocycles. The molecular formula is C33H24N8Na2O9S2. The summed E-state index contributed by atoms with van der Waals surface area (Å²) in [6, 6.07) is 21.7. The van der Waals surface area contributed by atoms with Gasteiger partial charge >= 0.3 is 59.1 Å². The fourth-order valence-corrected chi connectivity index (χ4v) is 6.37. The molecule has 0 radical (unpaired) electrons. The molecule has 6 aromatic rings. The molecule has 21 heteroatoms. The van der Waals surface area contributed by atoms with E-state index in [-0.39, 0.29) is 115 Å². The summed E-state index contributed by atoms with van der Waals surface area (Å²) in [7, 11) is -9.76. The molecule has 0 heterocycles. The summed E-state index contributed by atoms with van der Waals surface area (Å²) in [5, 5.41) is 55.5. The quantitative estimate of drug-likeness (QED) is 0.0303. The van der Waals surface area contributed by atoms with Crippen molar-refractivity contribution < 1.29 is 100 Å². The summed E-state index contributed by atoms with van der Waals surface area (Å²) in [5.41, 5.74) is 11.4. The zero-order chi connectivity index (χ0) is 37.4. The minimum Gasteiger partial charge on any atom is -0.871 e. The van der Waals surface area contributed by atoms with Gasteiger partial charge in [-0.2, -0.15) is 32.1 Å². The van der Waals surface area contributed by atoms with Gasteiger partial charge < -0.3 is 32.1 Å². The molecule has 6 aromatic carbocycles. The molecule has 0 amide bonds. The third-order valence-electron chi connectivity index (χ3n) is 7.36. The zero-order valence-corrected chi connectivity index (χ0v) is 33.9. The topological polar surface area (TPSA) is 301 Å². The number of hydrogen-bond acceptors (Lipinski definition) is 13. The molecule has 0 atom stereocenters. The Hall–Kier alpha value is -4.67. The number of amidine groups is 1. The van der Waals surface area contributed by atoms with Crippen molar-refractivity contribution in [1.82, 2.24) is 0 Å². The van der Waals surface area contributed by atoms with Crippen molar-refractivity contribution >= 4 is 93.3 Å². The number of rotatable bonds is 8. The molecule has 0 bridgehead atoms. The van der Waals surface area contributed by atoms with Crippen LogP contribution >= 0.6 is 0 Å². The summed E-state index contributed by atoms with van der Waals surface area (Å²) in [6.45, 7) is 0. The predicted molar refractivity (Wildman–Crippen MR) is 190 cm³/mol. The van der Waals surface area contributed by atoms with Crippen LogP contribution in [0.4, 0.5) is 45.5 Å². The van der Waals surface area contributed by atoms with Crippen molar-refractivity contribution in [3.63, 3.8) is 0 Å². The monoisotopic (exact) mass is 786 g/mol. The van der Waals surface area contributed by atoms with Crippen LogP contribution in [-0.4, -0.2) is 37.1 Å². The molecule has 0 spiro atoms. The number of fused-ring (bicyclic) bond motifs is 2. The third-order valence-corrected chi connectivity index (χ3v) is 9.10. The molecule has 0 fully saturated rings. The van der Waals surface area contributed by atoms with Crippen LogP contribution in [0.15, 0.2) is 132 Å². The number of aliphatic hydroxyl groups is 1. The minimum atomic E-state index is -4.88. The Labute approximate surface area is 351 Å². The number of aliphatic imine (C=N–C) groups is 1. The maximum atomic E-state index is 13.1. The van der Waals surface area contributed by atoms with E-state index in [0.717, 1.165) is 12.1 Å². The van der Waals surface area contributed by atoms with Crippen LogP contribution in [0.2, 0.25) is 0 Å². The molecule has 6 rings (SSSR count). The smallest absolute Gasteiger partial charge is 0.871 e. The van der Waals surface area contributed by atoms with Crippen molar-refractivity contribution in [3.05, 3.63) is 97.1 Å². The van der Waals surface area contributed by atoms with Crippen LogP contribution in [0.1, 0.15) is 0 Å². The van der Waals surface area contributed by atoms with Crippen LogP contribution < -0.4 is 86.1 Å². The first-order valence-electron chi connectivity index (χ1n) is 14.7. The van der Waals surface area contributed by atoms with Gasteiger partial charge in [-0.3, -0.25) is 9.11 Å². The molecule has 0 aromatic heterocycles. The molecule has 17 nitrogen and oxygen atoms in total. The zero-order valence-electron chi connectivity index (χ0n) is 28.2. The summed E-state index contributed by atoms with van der Waals surface area (Å²) < 4.78 is 67.9. The summed E-state index contributed by atoms with van der Waals surface area (Å²) in [4.78, 5) is 2.54. The van der Waals surface area contributed by atoms with Crippen LogP contribution in [0.3, 0.4) is 0 Å². The molecule has 0 aliphatic rings. The first-order valence-corrected chi connectivity index (χ1v) is 17.5. The van der Waals surface area contributed by atoms with Crippen molar-refractivity contribution in [2.45, 2.75) is 9.79 Å². The van der Waals surface area contributed by atoms with Gasteiger partial charge in [-0.1, -0.05) is 35.8 Å². The van der Waals surface area contributed by atoms with E-state index >= 15 is 0 Å². The van der Waals surface area contributed by atoms with Crippen molar-refractivity contribution in [1.29, 1.82) is 0 Å². The van der Waals surface area contributed by atoms with Gasteiger partial charge in [0.25, 0.3) is 26.3 Å². The molecular weight excluding hydrogens is 763 g/mol. The molecule has 264 valence electrons. The number of nitrogens with one attached hydrogen (secondary N) is 1. The largest absolute Gasteiger partial charge is 1.00 e. The van der Waals surface area contributed by atoms with Gasteiger partial charge in [0, 0.05) is 17.1 Å². The van der Waals surface area contributed by atoms with Gasteiger partial charge in [0.05, 0.1) is 28.4 Å². The van der Waals surface area contributed by atoms with Crippen LogP contribution in [0.25, 0.3) is 21.5 Å². The molecule has 0 saturated heterocycles. The van der Waals surface area contributed by atoms with Crippen LogP contribution in [-0.2, 0) is 20.2 Å². The van der Waals surface area contributed by atoms with Crippen molar-refractivity contribution in [2.24, 2.45) is 25.4 Å². The Kier molecular flexibility index (Phi) is 13.1. The molecule has 0 aliphatic heterocycles. The normalized spacial score (nSPS) is 12.2. The van der Waals surface area contributed by atoms with E-state index in [9.17, 15) is 41.3 Å². The number of nitrogens with two attached hydrogens (primary N) is 2. The second kappa shape index (κ2) is 16.8. The van der Waals surface area contributed by atoms with Gasteiger partial charge in [-0.15, -0.1) is 10.2 Å². The van der Waals surface area contributed by atoms with Crippen LogP contribution in [0.5, 0.6) is 11.5 Å². The summed E-state index contributed by atoms with van der Waals surface area (Å²) in [5.74, 6) is -1.60. The molecule has 0 aliphatic carbocycles. The first-order chi connectivity index (χ1) is 24.6. The molecule has 54 heavy (non-hydrogen) atoms. The summed E-state index contributed by atoms with van der Waals surface area (Å²) >= 11 is 0. The summed E-state index contributed by atoms with van der Waals surface area (Å²) in [6.07, 6.45) is 0. The second-order valence-electron chi connectivity index (χ2n) is 11.0. The standard InChI is InChI=1S/C33H26N8O9S2.2Na/c34-19-7-9-25-17(11-19)13-27(51(45,46)47)29(31(25)42)40-38-23-5-1-3-21(15-23)36-33(44)37-22-4-2-6-24(16-22)39-41-30-28(52(48,49)50)14-18-12-20(35)8-10-26(18)32(30)43;;/h1-16,42-43H,34-35H2,(H2,36,37,44)(H,45,46,47)(H,48,49,50);;/q;2*+1/p-2. The van der Waals surface area contributed by atoms with E-state index in [1.807, 2.05) is 0 Å². The Morgan fingerprint density at radius 2 is 1.04 bits per heavy atom. The SMILES string of the molecule is Nc1ccc2c([O-])c(N=Nc3cccc(N=C(O)Nc4cccc(N=Nc5c(S(=O)(=O)O)cc6cc(N)ccc6c5[O-])c4)c3)c(S(=O)(=O)O)cc2c1.[Na+].[Na+]. The van der Waals surface area contributed by atoms with Crippen molar-refractivity contribution in [2.75, 3.05) is 16.8 Å². The maximum absolute atomic E-state index is 13.1. The number of nitrogen functional groups attached to an aromatic ring is 2. The Bertz CT molecular complexity index is 2750. The first kappa shape index (κ1) is 42.1. The van der Waals surface area contributed by atoms with Gasteiger partial charge in [0.2, 0.25) is 0 Å². The molecule has 0 unspecified atom stereocenters. The van der Waals surface area contributed by atoms with Gasteiger partial charge in [0.1, 0.15) is 9.79 Å². The number of benzene rings is 6. The fourth-order valence-electron chi connectivity index (χ4n) is 5.06. The average molecular weight is 787 g/mol. The Morgan fingerprint density at radius 1 is 0.593 bits per heavy atom. The van der Waals surface area contributed by atoms with Gasteiger partial charge in [-0.25, -0.2) is 0 Å². The van der Waals surface area contributed by atoms with E-state index < -0.39 is 58.9 Å². The number of nitrogens with zero attached hydrogens (tertiary/aromatic N) is 5. The minimum absolute atomic E-state index is 0. The van der Waals surface area contributed by atoms with Crippen molar-refractivity contribution in [3.8, 4) is 11.5 Å². The Morgan fingerprint density at radius 3 is 1.52 bits per heavy atom. The van der Waals surface area contributed by atoms with E-state index in [1.54, 1.807) is 0 Å². The fraction of sp³-hybridized carbons (Fsp3) is 0. The third kappa shape index (κ3) is 9.51.